The molecule has 0 aliphatic heterocycles. The fourth-order valence-corrected chi connectivity index (χ4v) is 1.84. The molecule has 2 aromatic rings. The predicted molar refractivity (Wildman–Crippen MR) is 67.3 cm³/mol. The molecule has 0 spiro atoms. The number of Topliss-reactive ketones (excluding diaryl/α,β-unsaturated/α-hetero) is 1. The van der Waals surface area contributed by atoms with Gasteiger partial charge in [-0.3, -0.25) is 9.78 Å². The Labute approximate surface area is 106 Å². The van der Waals surface area contributed by atoms with Crippen LogP contribution in [0.15, 0.2) is 24.7 Å². The molecule has 18 heavy (non-hydrogen) atoms. The molecule has 0 bridgehead atoms. The molecule has 0 radical (unpaired) electrons. The Morgan fingerprint density at radius 2 is 2.22 bits per heavy atom. The first-order chi connectivity index (χ1) is 8.72. The van der Waals surface area contributed by atoms with Crippen molar-refractivity contribution in [2.75, 3.05) is 0 Å². The van der Waals surface area contributed by atoms with Gasteiger partial charge in [0.1, 0.15) is 12.2 Å². The molecule has 2 aromatic heterocycles. The minimum Gasteiger partial charge on any atom is -0.294 e. The molecule has 0 amide bonds. The molecule has 0 atom stereocenters. The molecule has 0 aromatic carbocycles. The van der Waals surface area contributed by atoms with Gasteiger partial charge in [0.2, 0.25) is 0 Å². The second kappa shape index (κ2) is 5.53. The van der Waals surface area contributed by atoms with Crippen LogP contribution >= 0.6 is 0 Å². The number of aryl methyl sites for hydroxylation is 2. The van der Waals surface area contributed by atoms with Crippen molar-refractivity contribution in [1.29, 1.82) is 0 Å². The first kappa shape index (κ1) is 12.4. The number of aromatic nitrogens is 4. The van der Waals surface area contributed by atoms with E-state index in [-0.39, 0.29) is 12.2 Å². The van der Waals surface area contributed by atoms with E-state index in [1.807, 2.05) is 6.92 Å². The normalized spacial score (nSPS) is 10.6. The van der Waals surface area contributed by atoms with E-state index < -0.39 is 0 Å². The van der Waals surface area contributed by atoms with Crippen molar-refractivity contribution in [3.8, 4) is 0 Å². The fourth-order valence-electron chi connectivity index (χ4n) is 1.84. The topological polar surface area (TPSA) is 60.7 Å². The lowest BCUT2D eigenvalue weighted by Crippen LogP contribution is -2.12. The molecule has 94 valence electrons. The van der Waals surface area contributed by atoms with Gasteiger partial charge in [-0.15, -0.1) is 0 Å². The lowest BCUT2D eigenvalue weighted by molar-refractivity contribution is 0.0988. The number of carbonyl (C=O) groups is 1. The van der Waals surface area contributed by atoms with Crippen LogP contribution in [0.2, 0.25) is 0 Å². The van der Waals surface area contributed by atoms with Gasteiger partial charge in [0, 0.05) is 24.0 Å². The van der Waals surface area contributed by atoms with E-state index in [0.717, 1.165) is 18.7 Å². The summed E-state index contributed by atoms with van der Waals surface area (Å²) < 4.78 is 1.78. The second-order valence-electron chi connectivity index (χ2n) is 4.14. The number of hydrogen-bond acceptors (Lipinski definition) is 4. The van der Waals surface area contributed by atoms with Gasteiger partial charge in [-0.05, 0) is 25.5 Å². The van der Waals surface area contributed by atoms with E-state index in [9.17, 15) is 4.79 Å². The average molecular weight is 244 g/mol. The Hall–Kier alpha value is -2.04. The Morgan fingerprint density at radius 3 is 2.94 bits per heavy atom. The van der Waals surface area contributed by atoms with Gasteiger partial charge >= 0.3 is 0 Å². The minimum atomic E-state index is 0.0333. The highest BCUT2D eigenvalue weighted by molar-refractivity contribution is 5.97. The highest BCUT2D eigenvalue weighted by Gasteiger charge is 2.13. The van der Waals surface area contributed by atoms with E-state index in [1.54, 1.807) is 23.0 Å². The number of pyridine rings is 1. The molecule has 5 heteroatoms. The predicted octanol–water partition coefficient (Wildman–Crippen LogP) is 1.82. The van der Waals surface area contributed by atoms with E-state index in [1.165, 1.54) is 6.33 Å². The van der Waals surface area contributed by atoms with Gasteiger partial charge < -0.3 is 0 Å². The lowest BCUT2D eigenvalue weighted by Gasteiger charge is -2.05. The summed E-state index contributed by atoms with van der Waals surface area (Å²) in [4.78, 5) is 20.4. The van der Waals surface area contributed by atoms with Crippen LogP contribution in [0.4, 0.5) is 0 Å². The third-order valence-electron chi connectivity index (χ3n) is 2.76. The van der Waals surface area contributed by atoms with Crippen LogP contribution in [0.3, 0.4) is 0 Å². The third-order valence-corrected chi connectivity index (χ3v) is 2.76. The van der Waals surface area contributed by atoms with Crippen molar-refractivity contribution in [2.24, 2.45) is 0 Å². The number of nitrogens with zero attached hydrogens (tertiary/aromatic N) is 4. The molecular weight excluding hydrogens is 228 g/mol. The van der Waals surface area contributed by atoms with Crippen LogP contribution in [0.5, 0.6) is 0 Å². The molecule has 0 aliphatic rings. The Kier molecular flexibility index (Phi) is 3.82. The third kappa shape index (κ3) is 2.61. The molecule has 0 saturated heterocycles. The molecule has 5 nitrogen and oxygen atoms in total. The van der Waals surface area contributed by atoms with Gasteiger partial charge in [0.15, 0.2) is 5.78 Å². The summed E-state index contributed by atoms with van der Waals surface area (Å²) in [6, 6.07) is 3.57. The van der Waals surface area contributed by atoms with Crippen LogP contribution in [-0.4, -0.2) is 25.5 Å². The molecule has 2 rings (SSSR count). The zero-order chi connectivity index (χ0) is 13.0. The van der Waals surface area contributed by atoms with Crippen LogP contribution in [0.1, 0.15) is 35.2 Å². The quantitative estimate of drug-likeness (QED) is 0.753. The molecule has 0 fully saturated rings. The molecule has 0 N–H and O–H groups in total. The van der Waals surface area contributed by atoms with Gasteiger partial charge in [-0.25, -0.2) is 9.67 Å². The van der Waals surface area contributed by atoms with Gasteiger partial charge in [0.25, 0.3) is 0 Å². The van der Waals surface area contributed by atoms with Crippen LogP contribution < -0.4 is 0 Å². The Balaban J connectivity index is 2.17. The molecule has 0 aliphatic carbocycles. The summed E-state index contributed by atoms with van der Waals surface area (Å²) in [7, 11) is 0. The summed E-state index contributed by atoms with van der Waals surface area (Å²) in [6.07, 6.45) is 4.42. The smallest absolute Gasteiger partial charge is 0.172 e. The van der Waals surface area contributed by atoms with Crippen LogP contribution in [-0.2, 0) is 13.0 Å². The van der Waals surface area contributed by atoms with Crippen molar-refractivity contribution in [3.05, 3.63) is 41.7 Å². The van der Waals surface area contributed by atoms with Crippen molar-refractivity contribution in [2.45, 2.75) is 33.2 Å². The minimum absolute atomic E-state index is 0.0333. The van der Waals surface area contributed by atoms with Gasteiger partial charge in [-0.1, -0.05) is 6.92 Å². The highest BCUT2D eigenvalue weighted by Crippen LogP contribution is 2.08. The Morgan fingerprint density at radius 1 is 1.39 bits per heavy atom. The van der Waals surface area contributed by atoms with Crippen LogP contribution in [0, 0.1) is 6.92 Å². The fraction of sp³-hybridized carbons (Fsp3) is 0.385. The maximum absolute atomic E-state index is 12.2. The van der Waals surface area contributed by atoms with Crippen molar-refractivity contribution in [1.82, 2.24) is 19.7 Å². The summed E-state index contributed by atoms with van der Waals surface area (Å²) in [5, 5.41) is 4.11. The zero-order valence-electron chi connectivity index (χ0n) is 10.6. The average Bonchev–Trinajstić information content (AvgIpc) is 2.78. The lowest BCUT2D eigenvalue weighted by atomic mass is 10.1. The number of carbonyl (C=O) groups excluding carboxylic acids is 1. The first-order valence-electron chi connectivity index (χ1n) is 6.04. The summed E-state index contributed by atoms with van der Waals surface area (Å²) in [6.45, 7) is 4.69. The standard InChI is InChI=1S/C13H16N4O/c1-3-7-17-13(15-9-16-17)8-12(18)11-5-4-6-14-10(11)2/h4-6,9H,3,7-8H2,1-2H3. The number of hydrogen-bond donors (Lipinski definition) is 0. The zero-order valence-corrected chi connectivity index (χ0v) is 10.6. The SMILES string of the molecule is CCCn1ncnc1CC(=O)c1cccnc1C. The monoisotopic (exact) mass is 244 g/mol. The van der Waals surface area contributed by atoms with Crippen molar-refractivity contribution < 1.29 is 4.79 Å². The molecule has 2 heterocycles. The molecule has 0 saturated carbocycles. The van der Waals surface area contributed by atoms with E-state index >= 15 is 0 Å². The van der Waals surface area contributed by atoms with E-state index in [0.29, 0.717) is 11.4 Å². The number of rotatable bonds is 5. The highest BCUT2D eigenvalue weighted by atomic mass is 16.1. The second-order valence-corrected chi connectivity index (χ2v) is 4.14. The summed E-state index contributed by atoms with van der Waals surface area (Å²) in [5.41, 5.74) is 1.41. The summed E-state index contributed by atoms with van der Waals surface area (Å²) >= 11 is 0. The molecule has 0 unspecified atom stereocenters. The Bertz CT molecular complexity index is 547. The van der Waals surface area contributed by atoms with Crippen molar-refractivity contribution >= 4 is 5.78 Å². The van der Waals surface area contributed by atoms with E-state index in [4.69, 9.17) is 0 Å². The first-order valence-corrected chi connectivity index (χ1v) is 6.04. The van der Waals surface area contributed by atoms with Gasteiger partial charge in [0.05, 0.1) is 6.42 Å². The summed E-state index contributed by atoms with van der Waals surface area (Å²) in [5.74, 6) is 0.746. The van der Waals surface area contributed by atoms with Gasteiger partial charge in [-0.2, -0.15) is 5.10 Å². The van der Waals surface area contributed by atoms with E-state index in [2.05, 4.69) is 22.0 Å². The maximum Gasteiger partial charge on any atom is 0.172 e. The van der Waals surface area contributed by atoms with Crippen LogP contribution in [0.25, 0.3) is 0 Å². The van der Waals surface area contributed by atoms with Crippen molar-refractivity contribution in [3.63, 3.8) is 0 Å². The maximum atomic E-state index is 12.2. The molecular formula is C13H16N4O. The number of ketones is 1. The largest absolute Gasteiger partial charge is 0.294 e.